The summed E-state index contributed by atoms with van der Waals surface area (Å²) in [7, 11) is 1.81. The number of piperidine rings is 1. The van der Waals surface area contributed by atoms with E-state index in [4.69, 9.17) is 4.74 Å². The van der Waals surface area contributed by atoms with Gasteiger partial charge in [0.25, 0.3) is 0 Å². The fourth-order valence-electron chi connectivity index (χ4n) is 5.13. The summed E-state index contributed by atoms with van der Waals surface area (Å²) >= 11 is 0. The third-order valence-electron chi connectivity index (χ3n) is 6.75. The first-order valence-corrected chi connectivity index (χ1v) is 11.7. The molecule has 3 aromatic rings. The summed E-state index contributed by atoms with van der Waals surface area (Å²) in [6, 6.07) is 6.21. The lowest BCUT2D eigenvalue weighted by atomic mass is 9.64. The lowest BCUT2D eigenvalue weighted by Crippen LogP contribution is -2.53. The van der Waals surface area contributed by atoms with Gasteiger partial charge in [0.05, 0.1) is 29.9 Å². The highest BCUT2D eigenvalue weighted by molar-refractivity contribution is 5.70. The van der Waals surface area contributed by atoms with E-state index >= 15 is 0 Å². The van der Waals surface area contributed by atoms with Gasteiger partial charge in [-0.1, -0.05) is 5.57 Å². The van der Waals surface area contributed by atoms with Crippen LogP contribution in [0.25, 0.3) is 11.8 Å². The average Bonchev–Trinajstić information content (AvgIpc) is 3.41. The van der Waals surface area contributed by atoms with Gasteiger partial charge in [-0.2, -0.15) is 10.2 Å². The molecule has 3 heterocycles. The van der Waals surface area contributed by atoms with Gasteiger partial charge in [-0.25, -0.2) is 13.9 Å². The number of halogens is 1. The quantitative estimate of drug-likeness (QED) is 0.613. The van der Waals surface area contributed by atoms with Crippen LogP contribution in [0.5, 0.6) is 0 Å². The van der Waals surface area contributed by atoms with E-state index in [1.807, 2.05) is 27.8 Å². The van der Waals surface area contributed by atoms with E-state index < -0.39 is 17.1 Å². The van der Waals surface area contributed by atoms with Crippen molar-refractivity contribution in [1.82, 2.24) is 24.5 Å². The van der Waals surface area contributed by atoms with Gasteiger partial charge in [-0.3, -0.25) is 4.68 Å². The van der Waals surface area contributed by atoms with Crippen LogP contribution in [0.4, 0.5) is 9.18 Å². The Hall–Kier alpha value is -3.46. The molecule has 0 bridgehead atoms. The summed E-state index contributed by atoms with van der Waals surface area (Å²) in [6.45, 7) is 6.33. The molecule has 9 heteroatoms. The molecule has 1 aromatic carbocycles. The van der Waals surface area contributed by atoms with E-state index in [0.717, 1.165) is 22.5 Å². The average molecular weight is 480 g/mol. The number of aryl methyl sites for hydroxylation is 1. The minimum atomic E-state index is -0.880. The second kappa shape index (κ2) is 8.34. The van der Waals surface area contributed by atoms with Crippen LogP contribution in [0.15, 0.2) is 48.4 Å². The number of aliphatic hydroxyl groups is 1. The second-order valence-electron chi connectivity index (χ2n) is 10.4. The molecule has 8 nitrogen and oxygen atoms in total. The van der Waals surface area contributed by atoms with Crippen molar-refractivity contribution in [3.05, 3.63) is 71.1 Å². The highest BCUT2D eigenvalue weighted by atomic mass is 19.1. The van der Waals surface area contributed by atoms with Gasteiger partial charge in [0.2, 0.25) is 0 Å². The molecule has 1 unspecified atom stereocenters. The molecule has 1 saturated heterocycles. The first-order chi connectivity index (χ1) is 16.6. The molecule has 2 aliphatic rings. The first-order valence-electron chi connectivity index (χ1n) is 11.7. The van der Waals surface area contributed by atoms with Gasteiger partial charge in [0, 0.05) is 37.3 Å². The molecular formula is C26H30FN5O3. The van der Waals surface area contributed by atoms with E-state index in [0.29, 0.717) is 31.5 Å². The van der Waals surface area contributed by atoms with Gasteiger partial charge in [0.1, 0.15) is 11.4 Å². The highest BCUT2D eigenvalue weighted by Gasteiger charge is 2.50. The van der Waals surface area contributed by atoms with Crippen LogP contribution in [-0.2, 0) is 18.2 Å². The summed E-state index contributed by atoms with van der Waals surface area (Å²) in [5.74, 6) is -0.304. The summed E-state index contributed by atoms with van der Waals surface area (Å²) in [5, 5.41) is 20.5. The molecule has 1 amide bonds. The molecule has 1 fully saturated rings. The Morgan fingerprint density at radius 2 is 1.94 bits per heavy atom. The summed E-state index contributed by atoms with van der Waals surface area (Å²) < 4.78 is 22.6. The normalized spacial score (nSPS) is 20.6. The third-order valence-corrected chi connectivity index (χ3v) is 6.75. The fraction of sp³-hybridized carbons (Fsp3) is 0.423. The van der Waals surface area contributed by atoms with Crippen LogP contribution in [0.3, 0.4) is 0 Å². The topological polar surface area (TPSA) is 85.4 Å². The number of ether oxygens (including phenoxy) is 1. The van der Waals surface area contributed by atoms with Crippen LogP contribution >= 0.6 is 0 Å². The SMILES string of the molecule is Cn1cc(C(O)[C@@]23Cc4cnn(-c5ccc(F)cc5)c4C=C2CCN(C(=O)OC(C)(C)C)C3)cn1. The number of aromatic nitrogens is 4. The van der Waals surface area contributed by atoms with Crippen molar-refractivity contribution in [1.29, 1.82) is 0 Å². The Morgan fingerprint density at radius 3 is 2.60 bits per heavy atom. The maximum atomic E-state index is 13.5. The van der Waals surface area contributed by atoms with E-state index in [2.05, 4.69) is 16.3 Å². The smallest absolute Gasteiger partial charge is 0.410 e. The van der Waals surface area contributed by atoms with Crippen LogP contribution in [0.2, 0.25) is 0 Å². The van der Waals surface area contributed by atoms with Crippen molar-refractivity contribution in [3.63, 3.8) is 0 Å². The first kappa shape index (κ1) is 23.3. The van der Waals surface area contributed by atoms with Crippen molar-refractivity contribution in [2.24, 2.45) is 12.5 Å². The minimum absolute atomic E-state index is 0.304. The Balaban J connectivity index is 1.56. The predicted molar refractivity (Wildman–Crippen MR) is 128 cm³/mol. The van der Waals surface area contributed by atoms with Crippen LogP contribution in [-0.4, -0.2) is 54.4 Å². The lowest BCUT2D eigenvalue weighted by Gasteiger charge is -2.48. The third kappa shape index (κ3) is 4.25. The van der Waals surface area contributed by atoms with Crippen molar-refractivity contribution in [2.75, 3.05) is 13.1 Å². The number of fused-ring (bicyclic) bond motifs is 2. The van der Waals surface area contributed by atoms with E-state index in [9.17, 15) is 14.3 Å². The number of aliphatic hydroxyl groups excluding tert-OH is 1. The molecule has 1 aliphatic heterocycles. The number of amides is 1. The van der Waals surface area contributed by atoms with E-state index in [1.54, 1.807) is 45.0 Å². The number of carbonyl (C=O) groups excluding carboxylic acids is 1. The zero-order valence-corrected chi connectivity index (χ0v) is 20.4. The molecule has 2 aromatic heterocycles. The Labute approximate surface area is 203 Å². The summed E-state index contributed by atoms with van der Waals surface area (Å²) in [4.78, 5) is 14.7. The van der Waals surface area contributed by atoms with Gasteiger partial charge in [-0.05, 0) is 69.5 Å². The monoisotopic (exact) mass is 479 g/mol. The molecule has 35 heavy (non-hydrogen) atoms. The Kier molecular flexibility index (Phi) is 5.55. The van der Waals surface area contributed by atoms with Crippen LogP contribution in [0.1, 0.15) is 50.1 Å². The highest BCUT2D eigenvalue weighted by Crippen LogP contribution is 2.51. The second-order valence-corrected chi connectivity index (χ2v) is 10.4. The zero-order valence-electron chi connectivity index (χ0n) is 20.4. The number of benzene rings is 1. The number of likely N-dealkylation sites (tertiary alicyclic amines) is 1. The fourth-order valence-corrected chi connectivity index (χ4v) is 5.13. The maximum absolute atomic E-state index is 13.5. The van der Waals surface area contributed by atoms with Crippen LogP contribution in [0, 0.1) is 11.2 Å². The molecule has 5 rings (SSSR count). The molecule has 0 radical (unpaired) electrons. The zero-order chi connectivity index (χ0) is 25.0. The van der Waals surface area contributed by atoms with E-state index in [-0.39, 0.29) is 11.9 Å². The lowest BCUT2D eigenvalue weighted by molar-refractivity contribution is -0.0182. The molecule has 1 N–H and O–H groups in total. The van der Waals surface area contributed by atoms with Crippen molar-refractivity contribution in [2.45, 2.75) is 45.3 Å². The van der Waals surface area contributed by atoms with Crippen molar-refractivity contribution in [3.8, 4) is 5.69 Å². The molecule has 184 valence electrons. The maximum Gasteiger partial charge on any atom is 0.410 e. The number of rotatable bonds is 3. The molecule has 1 aliphatic carbocycles. The number of hydrogen-bond donors (Lipinski definition) is 1. The van der Waals surface area contributed by atoms with Crippen molar-refractivity contribution >= 4 is 12.2 Å². The van der Waals surface area contributed by atoms with E-state index in [1.165, 1.54) is 12.1 Å². The van der Waals surface area contributed by atoms with Crippen LogP contribution < -0.4 is 0 Å². The van der Waals surface area contributed by atoms with Crippen molar-refractivity contribution < 1.29 is 19.0 Å². The van der Waals surface area contributed by atoms with Gasteiger partial charge in [-0.15, -0.1) is 0 Å². The van der Waals surface area contributed by atoms with Gasteiger partial charge in [0.15, 0.2) is 0 Å². The number of nitrogens with zero attached hydrogens (tertiary/aromatic N) is 5. The Bertz CT molecular complexity index is 1290. The molecule has 2 atom stereocenters. The minimum Gasteiger partial charge on any atom is -0.444 e. The predicted octanol–water partition coefficient (Wildman–Crippen LogP) is 4.05. The standard InChI is InChI=1S/C26H30FN5O3/c1-25(2,3)35-24(34)31-10-9-19-11-22-17(13-29-32(22)21-7-5-20(27)6-8-21)12-26(19,16-31)23(33)18-14-28-30(4)15-18/h5-8,11,13-15,23,33H,9-10,12,16H2,1-4H3/t23?,26-/m1/s1. The summed E-state index contributed by atoms with van der Waals surface area (Å²) in [5.41, 5.74) is 3.00. The van der Waals surface area contributed by atoms with Gasteiger partial charge >= 0.3 is 6.09 Å². The molecule has 0 saturated carbocycles. The molecule has 0 spiro atoms. The largest absolute Gasteiger partial charge is 0.444 e. The Morgan fingerprint density at radius 1 is 1.20 bits per heavy atom. The summed E-state index contributed by atoms with van der Waals surface area (Å²) in [6.07, 6.45) is 7.14. The number of hydrogen-bond acceptors (Lipinski definition) is 5. The van der Waals surface area contributed by atoms with Gasteiger partial charge < -0.3 is 14.7 Å². The molecular weight excluding hydrogens is 449 g/mol. The number of carbonyl (C=O) groups is 1.